The molecule has 6 rings (SSSR count). The molecule has 2 aromatic carbocycles. The molecule has 3 N–H and O–H groups in total. The van der Waals surface area contributed by atoms with Gasteiger partial charge in [-0.1, -0.05) is 32.9 Å². The smallest absolute Gasteiger partial charge is 0.224 e. The third kappa shape index (κ3) is 4.91. The second-order valence-corrected chi connectivity index (χ2v) is 10.9. The number of imidazole rings is 1. The summed E-state index contributed by atoms with van der Waals surface area (Å²) in [5.74, 6) is -0.534. The molecule has 1 amide bonds. The number of anilines is 1. The summed E-state index contributed by atoms with van der Waals surface area (Å²) in [6, 6.07) is 12.9. The van der Waals surface area contributed by atoms with Crippen LogP contribution in [0.2, 0.25) is 0 Å². The van der Waals surface area contributed by atoms with Crippen LogP contribution in [0.5, 0.6) is 0 Å². The highest BCUT2D eigenvalue weighted by Gasteiger charge is 2.19. The Morgan fingerprint density at radius 1 is 0.975 bits per heavy atom. The first-order valence-electron chi connectivity index (χ1n) is 12.7. The lowest BCUT2D eigenvalue weighted by atomic mass is 9.92. The Bertz CT molecular complexity index is 1880. The lowest BCUT2D eigenvalue weighted by molar-refractivity contribution is -0.117. The van der Waals surface area contributed by atoms with Gasteiger partial charge in [-0.25, -0.2) is 18.7 Å². The number of rotatable bonds is 5. The van der Waals surface area contributed by atoms with Gasteiger partial charge in [0.05, 0.1) is 17.4 Å². The Hall–Kier alpha value is -4.99. The lowest BCUT2D eigenvalue weighted by Gasteiger charge is -2.17. The minimum absolute atomic E-state index is 0.122. The molecule has 4 aromatic heterocycles. The Labute approximate surface area is 227 Å². The minimum Gasteiger partial charge on any atom is -0.335 e. The molecule has 0 aliphatic rings. The fourth-order valence-electron chi connectivity index (χ4n) is 4.67. The summed E-state index contributed by atoms with van der Waals surface area (Å²) in [5, 5.41) is 10.5. The van der Waals surface area contributed by atoms with Gasteiger partial charge >= 0.3 is 0 Å². The van der Waals surface area contributed by atoms with Gasteiger partial charge in [0.15, 0.2) is 17.3 Å². The van der Waals surface area contributed by atoms with Gasteiger partial charge in [0.2, 0.25) is 5.91 Å². The standard InChI is InChI=1S/C30H25F2N7O/c1-30(2,3)13-24(40)35-20-10-18(14-33-15-20)17-11-22-25(23(32)12-17)38-39-27(22)29-36-26-21(8-9-34-28(26)37-29)16-4-6-19(31)7-5-16/h4-12,14-15H,13H2,1-3H3,(H,35,40)(H,38,39)(H,34,36,37). The summed E-state index contributed by atoms with van der Waals surface area (Å²) < 4.78 is 28.7. The molecule has 200 valence electrons. The molecule has 0 radical (unpaired) electrons. The first-order valence-corrected chi connectivity index (χ1v) is 12.7. The number of hydrogen-bond donors (Lipinski definition) is 3. The predicted octanol–water partition coefficient (Wildman–Crippen LogP) is 6.88. The van der Waals surface area contributed by atoms with E-state index in [-0.39, 0.29) is 22.7 Å². The molecule has 8 nitrogen and oxygen atoms in total. The number of aromatic amines is 2. The zero-order valence-corrected chi connectivity index (χ0v) is 22.0. The fourth-order valence-corrected chi connectivity index (χ4v) is 4.67. The van der Waals surface area contributed by atoms with Gasteiger partial charge in [0.25, 0.3) is 0 Å². The third-order valence-electron chi connectivity index (χ3n) is 6.44. The van der Waals surface area contributed by atoms with Gasteiger partial charge in [-0.15, -0.1) is 0 Å². The molecule has 0 atom stereocenters. The van der Waals surface area contributed by atoms with E-state index >= 15 is 4.39 Å². The van der Waals surface area contributed by atoms with E-state index in [1.54, 1.807) is 42.9 Å². The van der Waals surface area contributed by atoms with Crippen molar-refractivity contribution in [3.63, 3.8) is 0 Å². The van der Waals surface area contributed by atoms with Crippen LogP contribution in [-0.4, -0.2) is 36.0 Å². The largest absolute Gasteiger partial charge is 0.335 e. The van der Waals surface area contributed by atoms with E-state index in [0.29, 0.717) is 51.3 Å². The fraction of sp³-hybridized carbons (Fsp3) is 0.167. The van der Waals surface area contributed by atoms with Crippen LogP contribution in [0, 0.1) is 17.0 Å². The van der Waals surface area contributed by atoms with Crippen LogP contribution in [0.1, 0.15) is 27.2 Å². The average Bonchev–Trinajstić information content (AvgIpc) is 3.52. The molecule has 0 saturated carbocycles. The van der Waals surface area contributed by atoms with Crippen LogP contribution in [0.3, 0.4) is 0 Å². The molecule has 0 aliphatic heterocycles. The molecule has 0 unspecified atom stereocenters. The number of H-pyrrole nitrogens is 2. The number of nitrogens with zero attached hydrogens (tertiary/aromatic N) is 4. The summed E-state index contributed by atoms with van der Waals surface area (Å²) in [4.78, 5) is 28.9. The van der Waals surface area contributed by atoms with Crippen LogP contribution in [0.15, 0.2) is 67.1 Å². The molecule has 10 heteroatoms. The number of amides is 1. The summed E-state index contributed by atoms with van der Waals surface area (Å²) in [6.07, 6.45) is 5.16. The minimum atomic E-state index is -0.515. The number of carbonyl (C=O) groups excluding carboxylic acids is 1. The predicted molar refractivity (Wildman–Crippen MR) is 150 cm³/mol. The van der Waals surface area contributed by atoms with Gasteiger partial charge in [0.1, 0.15) is 17.0 Å². The second kappa shape index (κ2) is 9.64. The molecular weight excluding hydrogens is 512 g/mol. The summed E-state index contributed by atoms with van der Waals surface area (Å²) in [5.41, 5.74) is 4.92. The SMILES string of the molecule is CC(C)(C)CC(=O)Nc1cncc(-c2cc(F)c3n[nH]c(-c4nc5nccc(-c6ccc(F)cc6)c5[nH]4)c3c2)c1. The van der Waals surface area contributed by atoms with E-state index in [9.17, 15) is 9.18 Å². The van der Waals surface area contributed by atoms with Crippen molar-refractivity contribution in [1.82, 2.24) is 30.1 Å². The van der Waals surface area contributed by atoms with E-state index < -0.39 is 5.82 Å². The summed E-state index contributed by atoms with van der Waals surface area (Å²) >= 11 is 0. The second-order valence-electron chi connectivity index (χ2n) is 10.9. The number of hydrogen-bond acceptors (Lipinski definition) is 5. The topological polar surface area (TPSA) is 112 Å². The molecular formula is C30H25F2N7O. The number of pyridine rings is 2. The van der Waals surface area contributed by atoms with Crippen molar-refractivity contribution in [3.05, 3.63) is 78.8 Å². The van der Waals surface area contributed by atoms with Crippen molar-refractivity contribution in [2.45, 2.75) is 27.2 Å². The van der Waals surface area contributed by atoms with Gasteiger partial charge in [0, 0.05) is 35.3 Å². The maximum absolute atomic E-state index is 15.2. The molecule has 0 saturated heterocycles. The highest BCUT2D eigenvalue weighted by molar-refractivity contribution is 5.98. The van der Waals surface area contributed by atoms with Gasteiger partial charge < -0.3 is 10.3 Å². The Kier molecular flexibility index (Phi) is 6.10. The van der Waals surface area contributed by atoms with Crippen molar-refractivity contribution in [3.8, 4) is 33.8 Å². The van der Waals surface area contributed by atoms with Crippen LogP contribution in [0.25, 0.3) is 55.8 Å². The van der Waals surface area contributed by atoms with E-state index in [2.05, 4.69) is 35.5 Å². The first kappa shape index (κ1) is 25.3. The van der Waals surface area contributed by atoms with Crippen LogP contribution >= 0.6 is 0 Å². The molecule has 0 aliphatic carbocycles. The molecule has 4 heterocycles. The van der Waals surface area contributed by atoms with E-state index in [4.69, 9.17) is 0 Å². The van der Waals surface area contributed by atoms with Gasteiger partial charge in [-0.3, -0.25) is 14.9 Å². The number of fused-ring (bicyclic) bond motifs is 2. The molecule has 0 spiro atoms. The maximum atomic E-state index is 15.2. The van der Waals surface area contributed by atoms with E-state index in [1.165, 1.54) is 18.2 Å². The Balaban J connectivity index is 1.39. The van der Waals surface area contributed by atoms with Crippen LogP contribution < -0.4 is 5.32 Å². The number of carbonyl (C=O) groups is 1. The van der Waals surface area contributed by atoms with Gasteiger partial charge in [-0.2, -0.15) is 5.10 Å². The zero-order valence-electron chi connectivity index (χ0n) is 22.0. The number of benzene rings is 2. The molecule has 0 bridgehead atoms. The van der Waals surface area contributed by atoms with Crippen molar-refractivity contribution >= 4 is 33.7 Å². The molecule has 40 heavy (non-hydrogen) atoms. The lowest BCUT2D eigenvalue weighted by Crippen LogP contribution is -2.19. The highest BCUT2D eigenvalue weighted by Crippen LogP contribution is 2.34. The van der Waals surface area contributed by atoms with Gasteiger partial charge in [-0.05, 0) is 52.9 Å². The zero-order chi connectivity index (χ0) is 28.0. The first-order chi connectivity index (χ1) is 19.1. The van der Waals surface area contributed by atoms with E-state index in [1.807, 2.05) is 26.8 Å². The molecule has 6 aromatic rings. The third-order valence-corrected chi connectivity index (χ3v) is 6.44. The highest BCUT2D eigenvalue weighted by atomic mass is 19.1. The average molecular weight is 538 g/mol. The van der Waals surface area contributed by atoms with Crippen molar-refractivity contribution < 1.29 is 13.6 Å². The summed E-state index contributed by atoms with van der Waals surface area (Å²) in [6.45, 7) is 5.97. The number of halogens is 2. The van der Waals surface area contributed by atoms with Crippen molar-refractivity contribution in [2.75, 3.05) is 5.32 Å². The monoisotopic (exact) mass is 537 g/mol. The van der Waals surface area contributed by atoms with Crippen molar-refractivity contribution in [1.29, 1.82) is 0 Å². The Morgan fingerprint density at radius 2 is 1.77 bits per heavy atom. The van der Waals surface area contributed by atoms with Crippen molar-refractivity contribution in [2.24, 2.45) is 5.41 Å². The number of nitrogens with one attached hydrogen (secondary N) is 3. The molecule has 0 fully saturated rings. The number of aromatic nitrogens is 6. The maximum Gasteiger partial charge on any atom is 0.224 e. The quantitative estimate of drug-likeness (QED) is 0.222. The van der Waals surface area contributed by atoms with Crippen LogP contribution in [0.4, 0.5) is 14.5 Å². The summed E-state index contributed by atoms with van der Waals surface area (Å²) in [7, 11) is 0. The Morgan fingerprint density at radius 3 is 2.55 bits per heavy atom. The normalized spacial score (nSPS) is 11.8. The van der Waals surface area contributed by atoms with Crippen LogP contribution in [-0.2, 0) is 4.79 Å². The van der Waals surface area contributed by atoms with E-state index in [0.717, 1.165) is 11.1 Å².